The van der Waals surface area contributed by atoms with Gasteiger partial charge in [-0.05, 0) is 12.1 Å². The molecule has 3 rings (SSSR count). The van der Waals surface area contributed by atoms with Crippen LogP contribution in [-0.2, 0) is 9.63 Å². The number of carbonyl (C=O) groups excluding carboxylic acids is 1. The number of hydrogen-bond acceptors (Lipinski definition) is 8. The highest BCUT2D eigenvalue weighted by Gasteiger charge is 2.23. The van der Waals surface area contributed by atoms with Crippen molar-refractivity contribution in [1.82, 2.24) is 9.97 Å². The Morgan fingerprint density at radius 3 is 2.77 bits per heavy atom. The first-order valence-corrected chi connectivity index (χ1v) is 8.15. The summed E-state index contributed by atoms with van der Waals surface area (Å²) in [5.74, 6) is 0. The first-order valence-electron chi connectivity index (χ1n) is 6.07. The van der Waals surface area contributed by atoms with E-state index in [9.17, 15) is 4.79 Å². The largest absolute Gasteiger partial charge is 0.398 e. The number of carbonyl (C=O) groups is 1. The zero-order valence-corrected chi connectivity index (χ0v) is 13.8. The molecule has 0 atom stereocenters. The lowest BCUT2D eigenvalue weighted by Gasteiger charge is -1.99. The molecule has 0 aliphatic rings. The van der Waals surface area contributed by atoms with Gasteiger partial charge >= 0.3 is 0 Å². The zero-order valence-electron chi connectivity index (χ0n) is 11.3. The van der Waals surface area contributed by atoms with Gasteiger partial charge < -0.3 is 10.6 Å². The van der Waals surface area contributed by atoms with E-state index in [1.807, 2.05) is 24.3 Å². The monoisotopic (exact) mass is 350 g/mol. The van der Waals surface area contributed by atoms with E-state index in [2.05, 4.69) is 27.8 Å². The van der Waals surface area contributed by atoms with Crippen molar-refractivity contribution < 1.29 is 9.63 Å². The standard InChI is InChI=1S/C13H10N4O2S3/c1-19-17-9(12(18)20)8-10(22-13(14)16-8)11-15-6-4-2-3-5-7(6)21-11/h2-5H,1H3,(H2,14,16)(H,18,20). The Morgan fingerprint density at radius 2 is 2.09 bits per heavy atom. The average Bonchev–Trinajstić information content (AvgIpc) is 3.07. The summed E-state index contributed by atoms with van der Waals surface area (Å²) in [5.41, 5.74) is 7.02. The van der Waals surface area contributed by atoms with E-state index in [-0.39, 0.29) is 5.71 Å². The van der Waals surface area contributed by atoms with Gasteiger partial charge in [0.25, 0.3) is 0 Å². The van der Waals surface area contributed by atoms with Crippen LogP contribution in [0.5, 0.6) is 0 Å². The third kappa shape index (κ3) is 2.70. The van der Waals surface area contributed by atoms with E-state index in [1.165, 1.54) is 29.8 Å². The van der Waals surface area contributed by atoms with Gasteiger partial charge in [-0.15, -0.1) is 11.3 Å². The number of nitrogen functional groups attached to an aromatic ring is 1. The number of thiazole rings is 2. The van der Waals surface area contributed by atoms with Gasteiger partial charge in [0.15, 0.2) is 10.8 Å². The van der Waals surface area contributed by atoms with Crippen LogP contribution in [0, 0.1) is 0 Å². The van der Waals surface area contributed by atoms with Gasteiger partial charge in [-0.1, -0.05) is 41.3 Å². The fourth-order valence-electron chi connectivity index (χ4n) is 1.89. The Balaban J connectivity index is 2.19. The molecule has 112 valence electrons. The molecule has 0 spiro atoms. The van der Waals surface area contributed by atoms with Gasteiger partial charge in [0, 0.05) is 0 Å². The minimum absolute atomic E-state index is 0.00744. The third-order valence-electron chi connectivity index (χ3n) is 2.74. The first kappa shape index (κ1) is 14.9. The highest BCUT2D eigenvalue weighted by Crippen LogP contribution is 2.37. The SMILES string of the molecule is CON=C(C(=O)S)c1nc(N)sc1-c1nc2ccccc2s1. The van der Waals surface area contributed by atoms with Gasteiger partial charge in [0.2, 0.25) is 5.12 Å². The minimum atomic E-state index is -0.547. The summed E-state index contributed by atoms with van der Waals surface area (Å²) in [4.78, 5) is 25.8. The summed E-state index contributed by atoms with van der Waals surface area (Å²) in [6.45, 7) is 0. The van der Waals surface area contributed by atoms with Crippen LogP contribution in [0.25, 0.3) is 20.1 Å². The number of nitrogens with two attached hydrogens (primary N) is 1. The molecule has 0 amide bonds. The lowest BCUT2D eigenvalue weighted by atomic mass is 10.2. The number of benzene rings is 1. The van der Waals surface area contributed by atoms with E-state index < -0.39 is 5.12 Å². The van der Waals surface area contributed by atoms with Crippen LogP contribution in [0.4, 0.5) is 5.13 Å². The van der Waals surface area contributed by atoms with Crippen molar-refractivity contribution in [2.24, 2.45) is 5.16 Å². The normalized spacial score (nSPS) is 11.8. The minimum Gasteiger partial charge on any atom is -0.398 e. The summed E-state index contributed by atoms with van der Waals surface area (Å²) in [6.07, 6.45) is 0. The molecule has 0 bridgehead atoms. The maximum Gasteiger partial charge on any atom is 0.240 e. The van der Waals surface area contributed by atoms with Crippen molar-refractivity contribution in [3.05, 3.63) is 30.0 Å². The van der Waals surface area contributed by atoms with Gasteiger partial charge in [0.1, 0.15) is 17.8 Å². The Labute approximate surface area is 139 Å². The Kier molecular flexibility index (Phi) is 4.10. The molecule has 6 nitrogen and oxygen atoms in total. The molecule has 0 aliphatic heterocycles. The summed E-state index contributed by atoms with van der Waals surface area (Å²) in [5, 5.41) is 4.20. The molecule has 0 aliphatic carbocycles. The van der Waals surface area contributed by atoms with Crippen molar-refractivity contribution in [2.45, 2.75) is 0 Å². The lowest BCUT2D eigenvalue weighted by molar-refractivity contribution is -0.105. The predicted octanol–water partition coefficient (Wildman–Crippen LogP) is 2.81. The molecule has 0 saturated heterocycles. The van der Waals surface area contributed by atoms with E-state index >= 15 is 0 Å². The second kappa shape index (κ2) is 6.03. The van der Waals surface area contributed by atoms with E-state index in [0.29, 0.717) is 15.7 Å². The van der Waals surface area contributed by atoms with Gasteiger partial charge in [-0.2, -0.15) is 0 Å². The summed E-state index contributed by atoms with van der Waals surface area (Å²) < 4.78 is 1.04. The Hall–Kier alpha value is -1.97. The van der Waals surface area contributed by atoms with E-state index in [0.717, 1.165) is 15.2 Å². The number of thiol groups is 1. The van der Waals surface area contributed by atoms with Crippen molar-refractivity contribution >= 4 is 61.5 Å². The van der Waals surface area contributed by atoms with Gasteiger partial charge in [-0.3, -0.25) is 4.79 Å². The highest BCUT2D eigenvalue weighted by molar-refractivity contribution is 7.99. The van der Waals surface area contributed by atoms with E-state index in [1.54, 1.807) is 0 Å². The van der Waals surface area contributed by atoms with Crippen LogP contribution in [-0.4, -0.2) is 27.9 Å². The number of hydrogen-bond donors (Lipinski definition) is 2. The van der Waals surface area contributed by atoms with Crippen LogP contribution >= 0.6 is 35.3 Å². The first-order chi connectivity index (χ1) is 10.6. The number of aromatic nitrogens is 2. The van der Waals surface area contributed by atoms with Gasteiger partial charge in [0.05, 0.1) is 15.1 Å². The maximum absolute atomic E-state index is 11.7. The average molecular weight is 350 g/mol. The quantitative estimate of drug-likeness (QED) is 0.429. The van der Waals surface area contributed by atoms with E-state index in [4.69, 9.17) is 10.6 Å². The molecule has 1 aromatic carbocycles. The molecular formula is C13H10N4O2S3. The fraction of sp³-hybridized carbons (Fsp3) is 0.0769. The third-order valence-corrected chi connectivity index (χ3v) is 5.03. The smallest absolute Gasteiger partial charge is 0.240 e. The molecule has 2 heterocycles. The lowest BCUT2D eigenvalue weighted by Crippen LogP contribution is -2.12. The van der Waals surface area contributed by atoms with Crippen LogP contribution < -0.4 is 5.73 Å². The molecule has 22 heavy (non-hydrogen) atoms. The predicted molar refractivity (Wildman–Crippen MR) is 92.7 cm³/mol. The number of rotatable bonds is 4. The number of fused-ring (bicyclic) bond motifs is 1. The van der Waals surface area contributed by atoms with Crippen LogP contribution in [0.3, 0.4) is 0 Å². The molecule has 0 unspecified atom stereocenters. The Morgan fingerprint density at radius 1 is 1.32 bits per heavy atom. The highest BCUT2D eigenvalue weighted by atomic mass is 32.1. The molecule has 9 heteroatoms. The van der Waals surface area contributed by atoms with Crippen molar-refractivity contribution in [3.63, 3.8) is 0 Å². The number of nitrogens with zero attached hydrogens (tertiary/aromatic N) is 3. The van der Waals surface area contributed by atoms with Crippen molar-refractivity contribution in [1.29, 1.82) is 0 Å². The summed E-state index contributed by atoms with van der Waals surface area (Å²) in [6, 6.07) is 7.77. The molecule has 0 fully saturated rings. The van der Waals surface area contributed by atoms with Crippen molar-refractivity contribution in [3.8, 4) is 9.88 Å². The summed E-state index contributed by atoms with van der Waals surface area (Å²) >= 11 is 6.56. The molecule has 2 aromatic heterocycles. The molecule has 0 saturated carbocycles. The topological polar surface area (TPSA) is 90.5 Å². The van der Waals surface area contributed by atoms with Crippen LogP contribution in [0.1, 0.15) is 5.69 Å². The number of para-hydroxylation sites is 1. The number of anilines is 1. The molecular weight excluding hydrogens is 340 g/mol. The molecule has 0 radical (unpaired) electrons. The second-order valence-corrected chi connectivity index (χ2v) is 6.61. The maximum atomic E-state index is 11.7. The van der Waals surface area contributed by atoms with Crippen molar-refractivity contribution in [2.75, 3.05) is 12.8 Å². The molecule has 2 N–H and O–H groups in total. The second-order valence-electron chi connectivity index (χ2n) is 4.14. The summed E-state index contributed by atoms with van der Waals surface area (Å²) in [7, 11) is 1.35. The van der Waals surface area contributed by atoms with Gasteiger partial charge in [-0.25, -0.2) is 9.97 Å². The van der Waals surface area contributed by atoms with Crippen LogP contribution in [0.2, 0.25) is 0 Å². The van der Waals surface area contributed by atoms with Crippen LogP contribution in [0.15, 0.2) is 29.4 Å². The number of oxime groups is 1. The zero-order chi connectivity index (χ0) is 15.7. The molecule has 3 aromatic rings. The Bertz CT molecular complexity index is 851. The fourth-order valence-corrected chi connectivity index (χ4v) is 3.91.